The highest BCUT2D eigenvalue weighted by Crippen LogP contribution is 2.40. The van der Waals surface area contributed by atoms with E-state index in [0.29, 0.717) is 33.4 Å². The Morgan fingerprint density at radius 2 is 1.64 bits per heavy atom. The van der Waals surface area contributed by atoms with Gasteiger partial charge in [0, 0.05) is 5.39 Å². The van der Waals surface area contributed by atoms with E-state index < -0.39 is 9.84 Å². The van der Waals surface area contributed by atoms with E-state index in [2.05, 4.69) is 0 Å². The zero-order valence-electron chi connectivity index (χ0n) is 14.5. The summed E-state index contributed by atoms with van der Waals surface area (Å²) in [5.41, 5.74) is 8.07. The topological polar surface area (TPSA) is 90.4 Å². The number of hydrogen-bond donors (Lipinski definition) is 1. The predicted octanol–water partition coefficient (Wildman–Crippen LogP) is 3.98. The molecule has 0 bridgehead atoms. The second-order valence-corrected chi connectivity index (χ2v) is 7.99. The Morgan fingerprint density at radius 3 is 2.20 bits per heavy atom. The molecule has 6 heteroatoms. The summed E-state index contributed by atoms with van der Waals surface area (Å²) in [6, 6.07) is 8.18. The molecule has 3 rings (SSSR count). The number of anilines is 1. The number of rotatable bonds is 3. The zero-order valence-corrected chi connectivity index (χ0v) is 15.3. The monoisotopic (exact) mass is 357 g/mol. The molecule has 1 heterocycles. The van der Waals surface area contributed by atoms with Crippen LogP contribution in [0.1, 0.15) is 34.2 Å². The van der Waals surface area contributed by atoms with Gasteiger partial charge in [0.1, 0.15) is 5.76 Å². The van der Waals surface area contributed by atoms with Crippen LogP contribution in [0.15, 0.2) is 44.5 Å². The molecule has 0 saturated heterocycles. The number of nitrogens with two attached hydrogens (primary N) is 1. The van der Waals surface area contributed by atoms with Crippen molar-refractivity contribution in [1.82, 2.24) is 0 Å². The van der Waals surface area contributed by atoms with Crippen molar-refractivity contribution in [1.29, 1.82) is 0 Å². The van der Waals surface area contributed by atoms with E-state index in [0.717, 1.165) is 0 Å². The van der Waals surface area contributed by atoms with Gasteiger partial charge in [-0.05, 0) is 51.0 Å². The highest BCUT2D eigenvalue weighted by atomic mass is 32.2. The van der Waals surface area contributed by atoms with Crippen LogP contribution in [-0.4, -0.2) is 14.2 Å². The number of Topliss-reactive ketones (excluding diaryl/α,β-unsaturated/α-hetero) is 1. The smallest absolute Gasteiger partial charge is 0.207 e. The van der Waals surface area contributed by atoms with E-state index in [4.69, 9.17) is 10.2 Å². The van der Waals surface area contributed by atoms with Gasteiger partial charge in [-0.15, -0.1) is 0 Å². The summed E-state index contributed by atoms with van der Waals surface area (Å²) in [4.78, 5) is 12.4. The van der Waals surface area contributed by atoms with Crippen LogP contribution in [0.4, 0.5) is 5.69 Å². The first-order valence-electron chi connectivity index (χ1n) is 7.80. The van der Waals surface area contributed by atoms with E-state index in [1.165, 1.54) is 6.92 Å². The average molecular weight is 357 g/mol. The van der Waals surface area contributed by atoms with Crippen molar-refractivity contribution in [3.8, 4) is 0 Å². The second kappa shape index (κ2) is 5.74. The van der Waals surface area contributed by atoms with Gasteiger partial charge < -0.3 is 10.2 Å². The Kier molecular flexibility index (Phi) is 3.95. The molecular formula is C19H19NO4S. The number of nitrogen functional groups attached to an aromatic ring is 1. The highest BCUT2D eigenvalue weighted by molar-refractivity contribution is 7.91. The van der Waals surface area contributed by atoms with Gasteiger partial charge in [-0.3, -0.25) is 4.79 Å². The van der Waals surface area contributed by atoms with Gasteiger partial charge in [0.15, 0.2) is 11.4 Å². The lowest BCUT2D eigenvalue weighted by Gasteiger charge is -2.15. The Bertz CT molecular complexity index is 1110. The first-order chi connectivity index (χ1) is 11.7. The fourth-order valence-electron chi connectivity index (χ4n) is 3.32. The number of hydrogen-bond acceptors (Lipinski definition) is 5. The molecule has 25 heavy (non-hydrogen) atoms. The summed E-state index contributed by atoms with van der Waals surface area (Å²) in [7, 11) is -3.78. The molecule has 3 aromatic rings. The largest absolute Gasteiger partial charge is 0.458 e. The summed E-state index contributed by atoms with van der Waals surface area (Å²) in [5.74, 6) is 0.247. The van der Waals surface area contributed by atoms with Crippen molar-refractivity contribution in [3.63, 3.8) is 0 Å². The molecule has 2 aromatic carbocycles. The van der Waals surface area contributed by atoms with Gasteiger partial charge in [0.2, 0.25) is 9.84 Å². The van der Waals surface area contributed by atoms with Crippen LogP contribution in [0.2, 0.25) is 0 Å². The Hall–Kier alpha value is -2.60. The quantitative estimate of drug-likeness (QED) is 0.566. The van der Waals surface area contributed by atoms with Crippen molar-refractivity contribution >= 4 is 32.3 Å². The van der Waals surface area contributed by atoms with Crippen LogP contribution in [0.3, 0.4) is 0 Å². The Labute approximate surface area is 146 Å². The second-order valence-electron chi connectivity index (χ2n) is 6.10. The summed E-state index contributed by atoms with van der Waals surface area (Å²) in [6.45, 7) is 6.45. The lowest BCUT2D eigenvalue weighted by atomic mass is 10.00. The molecule has 0 aliphatic heterocycles. The SMILES string of the molecule is CC(=O)c1c(C)oc2c(N)c(C)c(S(=O)(=O)c3ccccc3)c(C)c12. The Morgan fingerprint density at radius 1 is 1.04 bits per heavy atom. The molecule has 0 atom stereocenters. The van der Waals surface area contributed by atoms with E-state index in [-0.39, 0.29) is 21.3 Å². The van der Waals surface area contributed by atoms with Gasteiger partial charge in [-0.1, -0.05) is 18.2 Å². The average Bonchev–Trinajstić information content (AvgIpc) is 2.91. The molecule has 0 aliphatic carbocycles. The van der Waals surface area contributed by atoms with Crippen LogP contribution in [-0.2, 0) is 9.84 Å². The van der Waals surface area contributed by atoms with Gasteiger partial charge in [0.05, 0.1) is 21.0 Å². The predicted molar refractivity (Wildman–Crippen MR) is 96.7 cm³/mol. The first kappa shape index (κ1) is 17.2. The van der Waals surface area contributed by atoms with Crippen LogP contribution < -0.4 is 5.73 Å². The molecule has 2 N–H and O–H groups in total. The third-order valence-corrected chi connectivity index (χ3v) is 6.51. The minimum atomic E-state index is -3.78. The van der Waals surface area contributed by atoms with Gasteiger partial charge >= 0.3 is 0 Å². The standard InChI is InChI=1S/C19H19NO4S/c1-10-15-16(12(3)21)13(4)24-18(15)17(20)11(2)19(10)25(22,23)14-8-6-5-7-9-14/h5-9H,20H2,1-4H3. The number of carbonyl (C=O) groups excluding carboxylic acids is 1. The fourth-order valence-corrected chi connectivity index (χ4v) is 5.09. The Balaban J connectivity index is 2.49. The number of furan rings is 1. The van der Waals surface area contributed by atoms with Gasteiger partial charge in [-0.25, -0.2) is 8.42 Å². The van der Waals surface area contributed by atoms with E-state index in [9.17, 15) is 13.2 Å². The molecular weight excluding hydrogens is 338 g/mol. The van der Waals surface area contributed by atoms with E-state index >= 15 is 0 Å². The van der Waals surface area contributed by atoms with Gasteiger partial charge in [-0.2, -0.15) is 0 Å². The normalized spacial score (nSPS) is 11.8. The molecule has 5 nitrogen and oxygen atoms in total. The zero-order chi connectivity index (χ0) is 18.5. The first-order valence-corrected chi connectivity index (χ1v) is 9.29. The minimum Gasteiger partial charge on any atom is -0.458 e. The molecule has 0 unspecified atom stereocenters. The summed E-state index contributed by atoms with van der Waals surface area (Å²) < 4.78 is 32.1. The number of carbonyl (C=O) groups is 1. The molecule has 0 amide bonds. The maximum atomic E-state index is 13.2. The number of aryl methyl sites for hydroxylation is 2. The third kappa shape index (κ3) is 2.44. The fraction of sp³-hybridized carbons (Fsp3) is 0.211. The molecule has 0 aliphatic rings. The molecule has 0 radical (unpaired) electrons. The molecule has 1 aromatic heterocycles. The van der Waals surface area contributed by atoms with Crippen LogP contribution in [0.25, 0.3) is 11.0 Å². The molecule has 0 fully saturated rings. The number of ketones is 1. The molecule has 130 valence electrons. The van der Waals surface area contributed by atoms with Crippen LogP contribution in [0.5, 0.6) is 0 Å². The van der Waals surface area contributed by atoms with Gasteiger partial charge in [0.25, 0.3) is 0 Å². The van der Waals surface area contributed by atoms with Crippen LogP contribution in [0, 0.1) is 20.8 Å². The maximum Gasteiger partial charge on any atom is 0.207 e. The highest BCUT2D eigenvalue weighted by Gasteiger charge is 2.29. The summed E-state index contributed by atoms with van der Waals surface area (Å²) in [6.07, 6.45) is 0. The summed E-state index contributed by atoms with van der Waals surface area (Å²) in [5, 5.41) is 0.475. The third-order valence-electron chi connectivity index (χ3n) is 4.46. The van der Waals surface area contributed by atoms with E-state index in [1.54, 1.807) is 51.1 Å². The van der Waals surface area contributed by atoms with Crippen molar-refractivity contribution < 1.29 is 17.6 Å². The van der Waals surface area contributed by atoms with Crippen molar-refractivity contribution in [2.24, 2.45) is 0 Å². The van der Waals surface area contributed by atoms with Crippen molar-refractivity contribution in [2.75, 3.05) is 5.73 Å². The van der Waals surface area contributed by atoms with E-state index in [1.807, 2.05) is 0 Å². The molecule has 0 spiro atoms. The van der Waals surface area contributed by atoms with Crippen LogP contribution >= 0.6 is 0 Å². The van der Waals surface area contributed by atoms with Crippen molar-refractivity contribution in [2.45, 2.75) is 37.5 Å². The minimum absolute atomic E-state index is 0.131. The maximum absolute atomic E-state index is 13.2. The van der Waals surface area contributed by atoms with Crippen molar-refractivity contribution in [3.05, 3.63) is 52.8 Å². The lowest BCUT2D eigenvalue weighted by Crippen LogP contribution is -2.09. The number of fused-ring (bicyclic) bond motifs is 1. The molecule has 0 saturated carbocycles. The number of benzene rings is 2. The summed E-state index contributed by atoms with van der Waals surface area (Å²) >= 11 is 0. The number of sulfone groups is 1. The lowest BCUT2D eigenvalue weighted by molar-refractivity contribution is 0.101.